The zero-order chi connectivity index (χ0) is 63.3. The molecule has 508 valence electrons. The SMILES string of the molecule is CCCCCCC/C=C\C/C=C\C/C=C\CCCCCCCCCCCCCCCCC(=O)OC(COC(=O)CCCCCCCCCCCCCCCCCCCCCCC/C=C\C/C=C\CCCCCCC)COC(OCC[N+](C)(C)C)C(=O)[O-]. The van der Waals surface area contributed by atoms with E-state index in [0.717, 1.165) is 51.4 Å². The Morgan fingerprint density at radius 1 is 0.345 bits per heavy atom. The highest BCUT2D eigenvalue weighted by Gasteiger charge is 2.22. The minimum atomic E-state index is -1.62. The van der Waals surface area contributed by atoms with Gasteiger partial charge in [-0.3, -0.25) is 9.59 Å². The Morgan fingerprint density at radius 3 is 0.920 bits per heavy atom. The molecule has 0 aromatic heterocycles. The number of hydrogen-bond donors (Lipinski definition) is 0. The standard InChI is InChI=1S/C78H143NO8/c1-6-8-10-12-14-16-18-20-22-24-26-28-30-32-34-36-37-38-39-41-42-44-46-48-50-52-54-56-58-60-62-64-66-68-75(80)85-72-74(73-86-78(77(82)83)84-71-70-79(3,4)5)87-76(81)69-67-65-63-61-59-57-55-53-51-49-47-45-43-40-35-33-31-29-27-25-23-21-19-17-15-13-11-9-7-2/h18-21,24-27,31,33,74,78H,6-17,22-23,28-30,32,34-73H2,1-5H3/b20-18-,21-19-,26-24-,27-25-,33-31-. The molecule has 87 heavy (non-hydrogen) atoms. The smallest absolute Gasteiger partial charge is 0.306 e. The van der Waals surface area contributed by atoms with E-state index in [1.807, 2.05) is 21.1 Å². The number of quaternary nitrogens is 1. The first kappa shape index (κ1) is 84.0. The maximum Gasteiger partial charge on any atom is 0.306 e. The summed E-state index contributed by atoms with van der Waals surface area (Å²) in [4.78, 5) is 37.5. The highest BCUT2D eigenvalue weighted by molar-refractivity contribution is 5.70. The summed E-state index contributed by atoms with van der Waals surface area (Å²) in [6, 6.07) is 0. The molecule has 0 aliphatic heterocycles. The second-order valence-corrected chi connectivity index (χ2v) is 26.6. The summed E-state index contributed by atoms with van der Waals surface area (Å²) < 4.78 is 22.8. The van der Waals surface area contributed by atoms with E-state index < -0.39 is 24.3 Å². The fraction of sp³-hybridized carbons (Fsp3) is 0.833. The highest BCUT2D eigenvalue weighted by atomic mass is 16.7. The highest BCUT2D eigenvalue weighted by Crippen LogP contribution is 2.19. The Morgan fingerprint density at radius 2 is 0.621 bits per heavy atom. The Labute approximate surface area is 539 Å². The molecule has 0 aromatic carbocycles. The molecule has 0 aliphatic rings. The Kier molecular flexibility index (Phi) is 66.5. The van der Waals surface area contributed by atoms with Crippen LogP contribution in [0.1, 0.15) is 361 Å². The molecule has 0 amide bonds. The van der Waals surface area contributed by atoms with Crippen molar-refractivity contribution in [3.05, 3.63) is 60.8 Å². The van der Waals surface area contributed by atoms with E-state index >= 15 is 0 Å². The molecule has 0 rings (SSSR count). The number of ether oxygens (including phenoxy) is 4. The number of esters is 2. The van der Waals surface area contributed by atoms with E-state index in [-0.39, 0.29) is 32.2 Å². The molecule has 9 heteroatoms. The van der Waals surface area contributed by atoms with Crippen LogP contribution in [-0.4, -0.2) is 82.3 Å². The third kappa shape index (κ3) is 70.3. The second-order valence-electron chi connectivity index (χ2n) is 26.6. The first-order valence-electron chi connectivity index (χ1n) is 37.4. The van der Waals surface area contributed by atoms with E-state index in [1.54, 1.807) is 0 Å². The summed E-state index contributed by atoms with van der Waals surface area (Å²) >= 11 is 0. The molecule has 2 atom stereocenters. The Bertz CT molecular complexity index is 1610. The summed E-state index contributed by atoms with van der Waals surface area (Å²) in [6.45, 7) is 4.78. The van der Waals surface area contributed by atoms with Crippen LogP contribution in [0.2, 0.25) is 0 Å². The average Bonchev–Trinajstić information content (AvgIpc) is 3.57. The molecular formula is C78H143NO8. The number of carboxylic acid groups (broad SMARTS) is 1. The molecule has 0 saturated carbocycles. The van der Waals surface area contributed by atoms with Crippen molar-refractivity contribution in [1.29, 1.82) is 0 Å². The van der Waals surface area contributed by atoms with Crippen molar-refractivity contribution >= 4 is 17.9 Å². The molecule has 0 bridgehead atoms. The van der Waals surface area contributed by atoms with Gasteiger partial charge in [0.15, 0.2) is 12.4 Å². The zero-order valence-electron chi connectivity index (χ0n) is 58.2. The minimum absolute atomic E-state index is 0.148. The average molecular weight is 1220 g/mol. The molecule has 0 N–H and O–H groups in total. The zero-order valence-corrected chi connectivity index (χ0v) is 58.2. The Hall–Kier alpha value is -3.01. The van der Waals surface area contributed by atoms with Crippen LogP contribution in [0.4, 0.5) is 0 Å². The van der Waals surface area contributed by atoms with Crippen LogP contribution >= 0.6 is 0 Å². The van der Waals surface area contributed by atoms with Gasteiger partial charge in [-0.25, -0.2) is 0 Å². The minimum Gasteiger partial charge on any atom is -0.545 e. The first-order valence-corrected chi connectivity index (χ1v) is 37.4. The lowest BCUT2D eigenvalue weighted by Crippen LogP contribution is -2.44. The monoisotopic (exact) mass is 1220 g/mol. The van der Waals surface area contributed by atoms with Crippen LogP contribution in [-0.2, 0) is 33.3 Å². The molecule has 0 heterocycles. The van der Waals surface area contributed by atoms with Gasteiger partial charge in [0.2, 0.25) is 0 Å². The predicted octanol–water partition coefficient (Wildman–Crippen LogP) is 22.1. The van der Waals surface area contributed by atoms with Crippen LogP contribution < -0.4 is 5.11 Å². The van der Waals surface area contributed by atoms with Gasteiger partial charge >= 0.3 is 11.9 Å². The third-order valence-corrected chi connectivity index (χ3v) is 16.7. The van der Waals surface area contributed by atoms with Crippen LogP contribution in [0, 0.1) is 0 Å². The van der Waals surface area contributed by atoms with Gasteiger partial charge in [-0.05, 0) is 83.5 Å². The summed E-state index contributed by atoms with van der Waals surface area (Å²) in [5.41, 5.74) is 0. The lowest BCUT2D eigenvalue weighted by Gasteiger charge is -2.26. The van der Waals surface area contributed by atoms with Gasteiger partial charge in [0.05, 0.1) is 40.3 Å². The number of carboxylic acids is 1. The lowest BCUT2D eigenvalue weighted by atomic mass is 10.0. The van der Waals surface area contributed by atoms with E-state index in [4.69, 9.17) is 18.9 Å². The van der Waals surface area contributed by atoms with E-state index in [2.05, 4.69) is 74.6 Å². The number of carbonyl (C=O) groups excluding carboxylic acids is 3. The van der Waals surface area contributed by atoms with Gasteiger partial charge in [-0.15, -0.1) is 0 Å². The molecule has 0 saturated heterocycles. The van der Waals surface area contributed by atoms with Crippen molar-refractivity contribution < 1.29 is 42.9 Å². The number of unbranched alkanes of at least 4 members (excludes halogenated alkanes) is 45. The molecule has 0 radical (unpaired) electrons. The largest absolute Gasteiger partial charge is 0.545 e. The summed E-state index contributed by atoms with van der Waals surface area (Å²) in [7, 11) is 5.94. The number of allylic oxidation sites excluding steroid dienone is 10. The predicted molar refractivity (Wildman–Crippen MR) is 371 cm³/mol. The molecular weight excluding hydrogens is 1080 g/mol. The normalized spacial score (nSPS) is 13.0. The van der Waals surface area contributed by atoms with Crippen molar-refractivity contribution in [3.8, 4) is 0 Å². The van der Waals surface area contributed by atoms with Crippen molar-refractivity contribution in [1.82, 2.24) is 0 Å². The molecule has 0 spiro atoms. The first-order chi connectivity index (χ1) is 42.6. The second kappa shape index (κ2) is 68.9. The van der Waals surface area contributed by atoms with Gasteiger partial charge in [0.25, 0.3) is 0 Å². The number of carbonyl (C=O) groups is 3. The van der Waals surface area contributed by atoms with Crippen LogP contribution in [0.5, 0.6) is 0 Å². The summed E-state index contributed by atoms with van der Waals surface area (Å²) in [5.74, 6) is -2.26. The van der Waals surface area contributed by atoms with Crippen molar-refractivity contribution in [2.45, 2.75) is 373 Å². The van der Waals surface area contributed by atoms with Crippen LogP contribution in [0.25, 0.3) is 0 Å². The van der Waals surface area contributed by atoms with Gasteiger partial charge in [0, 0.05) is 12.8 Å². The van der Waals surface area contributed by atoms with E-state index in [0.29, 0.717) is 23.9 Å². The van der Waals surface area contributed by atoms with Crippen LogP contribution in [0.3, 0.4) is 0 Å². The van der Waals surface area contributed by atoms with E-state index in [9.17, 15) is 19.5 Å². The van der Waals surface area contributed by atoms with Gasteiger partial charge in [-0.1, -0.05) is 325 Å². The molecule has 0 aliphatic carbocycles. The number of nitrogens with zero attached hydrogens (tertiary/aromatic N) is 1. The third-order valence-electron chi connectivity index (χ3n) is 16.7. The summed E-state index contributed by atoms with van der Waals surface area (Å²) in [6.07, 6.45) is 87.5. The van der Waals surface area contributed by atoms with Gasteiger partial charge < -0.3 is 33.3 Å². The number of likely N-dealkylation sites (N-methyl/N-ethyl adjacent to an activating group) is 1. The van der Waals surface area contributed by atoms with Gasteiger partial charge in [0.1, 0.15) is 13.2 Å². The van der Waals surface area contributed by atoms with Crippen LogP contribution in [0.15, 0.2) is 60.8 Å². The fourth-order valence-electron chi connectivity index (χ4n) is 11.0. The Balaban J connectivity index is 4.04. The maximum atomic E-state index is 12.9. The van der Waals surface area contributed by atoms with Crippen molar-refractivity contribution in [2.24, 2.45) is 0 Å². The summed E-state index contributed by atoms with van der Waals surface area (Å²) in [5, 5.41) is 11.8. The van der Waals surface area contributed by atoms with E-state index in [1.165, 1.54) is 276 Å². The molecule has 2 unspecified atom stereocenters. The number of hydrogen-bond acceptors (Lipinski definition) is 8. The lowest BCUT2D eigenvalue weighted by molar-refractivity contribution is -0.870. The van der Waals surface area contributed by atoms with Gasteiger partial charge in [-0.2, -0.15) is 0 Å². The number of rotatable bonds is 70. The van der Waals surface area contributed by atoms with Crippen molar-refractivity contribution in [2.75, 3.05) is 47.5 Å². The molecule has 0 aromatic rings. The topological polar surface area (TPSA) is 111 Å². The van der Waals surface area contributed by atoms with Crippen molar-refractivity contribution in [3.63, 3.8) is 0 Å². The fourth-order valence-corrected chi connectivity index (χ4v) is 11.0. The maximum absolute atomic E-state index is 12.9. The quantitative estimate of drug-likeness (QED) is 0.0195. The molecule has 9 nitrogen and oxygen atoms in total. The number of aliphatic carboxylic acids is 1. The molecule has 0 fully saturated rings.